The highest BCUT2D eigenvalue weighted by atomic mass is 19.4. The van der Waals surface area contributed by atoms with Crippen LogP contribution in [0.4, 0.5) is 18.9 Å². The lowest BCUT2D eigenvalue weighted by molar-refractivity contribution is -0.139. The van der Waals surface area contributed by atoms with E-state index in [1.807, 2.05) is 24.3 Å². The van der Waals surface area contributed by atoms with Gasteiger partial charge in [0.25, 0.3) is 0 Å². The van der Waals surface area contributed by atoms with E-state index >= 15 is 0 Å². The highest BCUT2D eigenvalue weighted by Crippen LogP contribution is 2.47. The highest BCUT2D eigenvalue weighted by Gasteiger charge is 2.51. The quantitative estimate of drug-likeness (QED) is 0.767. The molecule has 0 bridgehead atoms. The molecule has 152 valence electrons. The van der Waals surface area contributed by atoms with Gasteiger partial charge in [-0.2, -0.15) is 13.2 Å². The summed E-state index contributed by atoms with van der Waals surface area (Å²) in [6.45, 7) is 0.696. The molecule has 0 saturated carbocycles. The monoisotopic (exact) mass is 402 g/mol. The van der Waals surface area contributed by atoms with Crippen molar-refractivity contribution in [2.24, 2.45) is 0 Å². The van der Waals surface area contributed by atoms with Crippen molar-refractivity contribution in [2.75, 3.05) is 25.0 Å². The van der Waals surface area contributed by atoms with Crippen LogP contribution in [0.1, 0.15) is 29.5 Å². The summed E-state index contributed by atoms with van der Waals surface area (Å²) in [6, 6.07) is 12.8. The molecule has 2 heterocycles. The fourth-order valence-electron chi connectivity index (χ4n) is 4.56. The Labute approximate surface area is 166 Å². The molecule has 0 unspecified atom stereocenters. The van der Waals surface area contributed by atoms with E-state index in [2.05, 4.69) is 0 Å². The van der Waals surface area contributed by atoms with Gasteiger partial charge < -0.3 is 9.80 Å². The van der Waals surface area contributed by atoms with Crippen molar-refractivity contribution in [2.45, 2.75) is 30.9 Å². The first-order valence-electron chi connectivity index (χ1n) is 9.54. The number of carbonyl (C=O) groups excluding carboxylic acids is 2. The predicted octanol–water partition coefficient (Wildman–Crippen LogP) is 3.78. The molecular weight excluding hydrogens is 381 g/mol. The lowest BCUT2D eigenvalue weighted by atomic mass is 9.73. The summed E-state index contributed by atoms with van der Waals surface area (Å²) < 4.78 is 39.6. The number of fused-ring (bicyclic) bond motifs is 2. The number of anilines is 1. The minimum atomic E-state index is -4.49. The third-order valence-corrected chi connectivity index (χ3v) is 6.13. The molecule has 0 aliphatic carbocycles. The third-order valence-electron chi connectivity index (χ3n) is 6.13. The number of halogens is 3. The van der Waals surface area contributed by atoms with E-state index in [0.717, 1.165) is 17.3 Å². The number of likely N-dealkylation sites (tertiary alicyclic amines) is 1. The molecule has 4 rings (SSSR count). The number of likely N-dealkylation sites (N-methyl/N-ethyl adjacent to an activating group) is 1. The first kappa shape index (κ1) is 19.5. The van der Waals surface area contributed by atoms with E-state index in [0.29, 0.717) is 25.9 Å². The molecule has 2 aromatic carbocycles. The molecule has 2 aromatic rings. The van der Waals surface area contributed by atoms with Gasteiger partial charge in [0, 0.05) is 25.8 Å². The summed E-state index contributed by atoms with van der Waals surface area (Å²) in [5.74, 6) is -0.322. The lowest BCUT2D eigenvalue weighted by Gasteiger charge is -2.38. The Morgan fingerprint density at radius 2 is 1.66 bits per heavy atom. The molecule has 7 heteroatoms. The molecule has 1 saturated heterocycles. The van der Waals surface area contributed by atoms with Crippen molar-refractivity contribution in [3.8, 4) is 0 Å². The van der Waals surface area contributed by atoms with Gasteiger partial charge in [0.1, 0.15) is 0 Å². The molecule has 4 nitrogen and oxygen atoms in total. The average Bonchev–Trinajstić information content (AvgIpc) is 2.91. The number of alkyl halides is 3. The van der Waals surface area contributed by atoms with E-state index in [9.17, 15) is 22.8 Å². The van der Waals surface area contributed by atoms with E-state index in [-0.39, 0.29) is 23.8 Å². The highest BCUT2D eigenvalue weighted by molar-refractivity contribution is 6.07. The Morgan fingerprint density at radius 1 is 1.03 bits per heavy atom. The van der Waals surface area contributed by atoms with Crippen LogP contribution in [0.2, 0.25) is 0 Å². The number of carbonyl (C=O) groups is 2. The topological polar surface area (TPSA) is 40.6 Å². The largest absolute Gasteiger partial charge is 0.416 e. The van der Waals surface area contributed by atoms with E-state index in [4.69, 9.17) is 0 Å². The maximum absolute atomic E-state index is 13.2. The van der Waals surface area contributed by atoms with Gasteiger partial charge in [-0.1, -0.05) is 36.4 Å². The Morgan fingerprint density at radius 3 is 2.34 bits per heavy atom. The second kappa shape index (κ2) is 6.90. The van der Waals surface area contributed by atoms with Gasteiger partial charge in [-0.05, 0) is 36.1 Å². The smallest absolute Gasteiger partial charge is 0.342 e. The number of nitrogens with zero attached hydrogens (tertiary/aromatic N) is 2. The van der Waals surface area contributed by atoms with Crippen molar-refractivity contribution >= 4 is 17.5 Å². The molecule has 1 fully saturated rings. The number of hydrogen-bond donors (Lipinski definition) is 0. The zero-order valence-electron chi connectivity index (χ0n) is 16.0. The molecule has 0 radical (unpaired) electrons. The lowest BCUT2D eigenvalue weighted by Crippen LogP contribution is -2.50. The van der Waals surface area contributed by atoms with Gasteiger partial charge in [0.2, 0.25) is 11.8 Å². The van der Waals surface area contributed by atoms with Crippen molar-refractivity contribution < 1.29 is 22.8 Å². The maximum atomic E-state index is 13.2. The molecule has 0 atom stereocenters. The first-order chi connectivity index (χ1) is 13.7. The van der Waals surface area contributed by atoms with Crippen LogP contribution < -0.4 is 4.90 Å². The summed E-state index contributed by atoms with van der Waals surface area (Å²) in [7, 11) is 1.75. The maximum Gasteiger partial charge on any atom is 0.416 e. The van der Waals surface area contributed by atoms with Crippen LogP contribution in [0.25, 0.3) is 0 Å². The summed E-state index contributed by atoms with van der Waals surface area (Å²) in [5.41, 5.74) is 0.417. The zero-order chi connectivity index (χ0) is 20.8. The van der Waals surface area contributed by atoms with Crippen LogP contribution in [0.5, 0.6) is 0 Å². The van der Waals surface area contributed by atoms with Crippen LogP contribution in [0.15, 0.2) is 48.5 Å². The number of amides is 2. The summed E-state index contributed by atoms with van der Waals surface area (Å²) >= 11 is 0. The second-order valence-corrected chi connectivity index (χ2v) is 7.68. The van der Waals surface area contributed by atoms with E-state index in [1.165, 1.54) is 18.2 Å². The Bertz CT molecular complexity index is 963. The summed E-state index contributed by atoms with van der Waals surface area (Å²) in [6.07, 6.45) is -3.85. The van der Waals surface area contributed by atoms with Crippen LogP contribution in [-0.4, -0.2) is 36.9 Å². The first-order valence-corrected chi connectivity index (χ1v) is 9.54. The molecule has 2 aliphatic heterocycles. The van der Waals surface area contributed by atoms with Crippen LogP contribution in [0, 0.1) is 0 Å². The Balaban J connectivity index is 1.50. The second-order valence-electron chi connectivity index (χ2n) is 7.68. The molecule has 0 aromatic heterocycles. The van der Waals surface area contributed by atoms with Crippen molar-refractivity contribution in [1.29, 1.82) is 0 Å². The summed E-state index contributed by atoms with van der Waals surface area (Å²) in [5, 5.41) is 0. The molecule has 0 N–H and O–H groups in total. The van der Waals surface area contributed by atoms with Crippen LogP contribution in [-0.2, 0) is 27.6 Å². The number of hydrogen-bond acceptors (Lipinski definition) is 2. The van der Waals surface area contributed by atoms with E-state index < -0.39 is 17.2 Å². The van der Waals surface area contributed by atoms with Gasteiger partial charge in [-0.3, -0.25) is 9.59 Å². The zero-order valence-corrected chi connectivity index (χ0v) is 16.0. The third kappa shape index (κ3) is 3.18. The van der Waals surface area contributed by atoms with Crippen LogP contribution >= 0.6 is 0 Å². The fourth-order valence-corrected chi connectivity index (χ4v) is 4.56. The summed E-state index contributed by atoms with van der Waals surface area (Å²) in [4.78, 5) is 28.9. The predicted molar refractivity (Wildman–Crippen MR) is 102 cm³/mol. The fraction of sp³-hybridized carbons (Fsp3) is 0.364. The normalized spacial score (nSPS) is 18.3. The Hall–Kier alpha value is -2.83. The van der Waals surface area contributed by atoms with Crippen molar-refractivity contribution in [1.82, 2.24) is 4.90 Å². The number of benzene rings is 2. The van der Waals surface area contributed by atoms with Gasteiger partial charge in [-0.25, -0.2) is 0 Å². The molecule has 29 heavy (non-hydrogen) atoms. The SMILES string of the molecule is CN1C(=O)C2(CCN(C(=O)Cc3ccccc3C(F)(F)F)CC2)c2ccccc21. The van der Waals surface area contributed by atoms with E-state index in [1.54, 1.807) is 16.8 Å². The minimum Gasteiger partial charge on any atom is -0.342 e. The number of para-hydroxylation sites is 1. The standard InChI is InChI=1S/C22H21F3N2O2/c1-26-18-9-5-4-8-17(18)21(20(26)29)10-12-27(13-11-21)19(28)14-15-6-2-3-7-16(15)22(23,24)25/h2-9H,10-14H2,1H3. The van der Waals surface area contributed by atoms with Crippen LogP contribution in [0.3, 0.4) is 0 Å². The molecular formula is C22H21F3N2O2. The van der Waals surface area contributed by atoms with Gasteiger partial charge >= 0.3 is 6.18 Å². The molecule has 2 aliphatic rings. The number of rotatable bonds is 2. The average molecular weight is 402 g/mol. The van der Waals surface area contributed by atoms with Crippen molar-refractivity contribution in [3.05, 3.63) is 65.2 Å². The minimum absolute atomic E-state index is 0.0210. The van der Waals surface area contributed by atoms with Gasteiger partial charge in [0.15, 0.2) is 0 Å². The Kier molecular flexibility index (Phi) is 4.63. The van der Waals surface area contributed by atoms with Gasteiger partial charge in [-0.15, -0.1) is 0 Å². The number of piperidine rings is 1. The molecule has 1 spiro atoms. The van der Waals surface area contributed by atoms with Crippen molar-refractivity contribution in [3.63, 3.8) is 0 Å². The molecule has 2 amide bonds. The van der Waals surface area contributed by atoms with Gasteiger partial charge in [0.05, 0.1) is 17.4 Å².